The predicted molar refractivity (Wildman–Crippen MR) is 160 cm³/mol. The van der Waals surface area contributed by atoms with E-state index in [1.165, 1.54) is 128 Å². The van der Waals surface area contributed by atoms with Crippen LogP contribution in [0.15, 0.2) is 0 Å². The zero-order valence-electron chi connectivity index (χ0n) is 23.9. The summed E-state index contributed by atoms with van der Waals surface area (Å²) in [6, 6.07) is -0.450. The minimum Gasteiger partial charge on any atom is -0.357 e. The van der Waals surface area contributed by atoms with E-state index in [-0.39, 0.29) is 11.8 Å². The first kappa shape index (κ1) is 33.4. The summed E-state index contributed by atoms with van der Waals surface area (Å²) in [6.07, 6.45) is 30.4. The van der Waals surface area contributed by atoms with Gasteiger partial charge in [-0.3, -0.25) is 9.59 Å². The summed E-state index contributed by atoms with van der Waals surface area (Å²) in [4.78, 5) is 25.1. The van der Waals surface area contributed by atoms with Crippen molar-refractivity contribution in [1.82, 2.24) is 10.6 Å². The maximum absolute atomic E-state index is 12.9. The van der Waals surface area contributed by atoms with Gasteiger partial charge in [0.25, 0.3) is 0 Å². The van der Waals surface area contributed by atoms with Gasteiger partial charge in [-0.05, 0) is 18.8 Å². The molecule has 209 valence electrons. The molecule has 0 aromatic carbocycles. The summed E-state index contributed by atoms with van der Waals surface area (Å²) in [5.74, 6) is 0.980. The normalized spacial score (nSPS) is 20.6. The van der Waals surface area contributed by atoms with E-state index < -0.39 is 6.04 Å². The van der Waals surface area contributed by atoms with Gasteiger partial charge in [0.15, 0.2) is 6.56 Å². The van der Waals surface area contributed by atoms with Crippen molar-refractivity contribution < 1.29 is 9.59 Å². The van der Waals surface area contributed by atoms with Crippen LogP contribution in [0.25, 0.3) is 0 Å². The third-order valence-electron chi connectivity index (χ3n) is 7.78. The highest BCUT2D eigenvalue weighted by atomic mass is 32.2. The molecular formula is C30H58BN2O2S. The maximum Gasteiger partial charge on any atom is 0.243 e. The first-order valence-corrected chi connectivity index (χ1v) is 16.6. The predicted octanol–water partition coefficient (Wildman–Crippen LogP) is 8.22. The maximum atomic E-state index is 12.9. The Bertz CT molecular complexity index is 511. The van der Waals surface area contributed by atoms with E-state index in [2.05, 4.69) is 10.6 Å². The lowest BCUT2D eigenvalue weighted by Gasteiger charge is -2.20. The van der Waals surface area contributed by atoms with Crippen LogP contribution in [0.3, 0.4) is 0 Å². The molecule has 0 spiro atoms. The number of rotatable bonds is 7. The van der Waals surface area contributed by atoms with Gasteiger partial charge in [-0.15, -0.1) is 0 Å². The summed E-state index contributed by atoms with van der Waals surface area (Å²) >= 11 is 1.58. The van der Waals surface area contributed by atoms with Crippen LogP contribution in [-0.4, -0.2) is 37.2 Å². The average Bonchev–Trinajstić information content (AvgIpc) is 2.88. The van der Waals surface area contributed by atoms with Gasteiger partial charge in [0, 0.05) is 19.2 Å². The van der Waals surface area contributed by atoms with E-state index in [9.17, 15) is 9.59 Å². The molecule has 0 bridgehead atoms. The fourth-order valence-electron chi connectivity index (χ4n) is 5.46. The van der Waals surface area contributed by atoms with Gasteiger partial charge >= 0.3 is 0 Å². The van der Waals surface area contributed by atoms with Crippen LogP contribution in [0.1, 0.15) is 148 Å². The Hall–Kier alpha value is -0.645. The molecule has 4 nitrogen and oxygen atoms in total. The summed E-state index contributed by atoms with van der Waals surface area (Å²) in [6.45, 7) is 3.93. The van der Waals surface area contributed by atoms with Crippen LogP contribution >= 0.6 is 11.6 Å². The Labute approximate surface area is 229 Å². The highest BCUT2D eigenvalue weighted by Crippen LogP contribution is 2.23. The Kier molecular flexibility index (Phi) is 22.9. The Morgan fingerprint density at radius 3 is 1.39 bits per heavy atom. The van der Waals surface area contributed by atoms with E-state index in [1.807, 2.05) is 13.4 Å². The van der Waals surface area contributed by atoms with Crippen LogP contribution < -0.4 is 10.6 Å². The Balaban J connectivity index is 2.48. The molecule has 0 heterocycles. The number of carbonyl (C=O) groups excluding carboxylic acids is 2. The van der Waals surface area contributed by atoms with Gasteiger partial charge in [0.1, 0.15) is 6.04 Å². The van der Waals surface area contributed by atoms with Crippen LogP contribution in [0, 0.1) is 5.92 Å². The second-order valence-electron chi connectivity index (χ2n) is 11.0. The van der Waals surface area contributed by atoms with Crippen molar-refractivity contribution in [3.05, 3.63) is 0 Å². The first-order chi connectivity index (χ1) is 17.7. The van der Waals surface area contributed by atoms with Gasteiger partial charge in [0.2, 0.25) is 11.8 Å². The topological polar surface area (TPSA) is 58.2 Å². The van der Waals surface area contributed by atoms with Crippen molar-refractivity contribution in [2.45, 2.75) is 161 Å². The fraction of sp³-hybridized carbons (Fsp3) is 0.933. The Morgan fingerprint density at radius 1 is 0.694 bits per heavy atom. The third kappa shape index (κ3) is 19.5. The molecule has 6 heteroatoms. The van der Waals surface area contributed by atoms with Gasteiger partial charge in [0.05, 0.1) is 0 Å². The van der Waals surface area contributed by atoms with Crippen molar-refractivity contribution in [3.63, 3.8) is 0 Å². The van der Waals surface area contributed by atoms with E-state index in [4.69, 9.17) is 0 Å². The highest BCUT2D eigenvalue weighted by molar-refractivity contribution is 8.22. The van der Waals surface area contributed by atoms with Gasteiger partial charge < -0.3 is 10.6 Å². The van der Waals surface area contributed by atoms with Gasteiger partial charge in [-0.2, -0.15) is 0 Å². The lowest BCUT2D eigenvalue weighted by molar-refractivity contribution is -0.128. The van der Waals surface area contributed by atoms with E-state index in [1.54, 1.807) is 18.7 Å². The van der Waals surface area contributed by atoms with E-state index in [0.29, 0.717) is 18.1 Å². The summed E-state index contributed by atoms with van der Waals surface area (Å²) in [7, 11) is 1.64. The zero-order valence-corrected chi connectivity index (χ0v) is 24.7. The van der Waals surface area contributed by atoms with Crippen molar-refractivity contribution in [1.29, 1.82) is 0 Å². The molecule has 1 radical (unpaired) electrons. The molecule has 1 aliphatic rings. The monoisotopic (exact) mass is 521 g/mol. The summed E-state index contributed by atoms with van der Waals surface area (Å²) in [5, 5.41) is 5.71. The SMILES string of the molecule is C[B]SC[C@H](NC(=O)CC1CCCCCCCCCCCCCCCCCCCCCC1)C(=O)NC. The number of amides is 2. The van der Waals surface area contributed by atoms with Crippen molar-refractivity contribution in [3.8, 4) is 0 Å². The molecule has 2 amide bonds. The molecule has 36 heavy (non-hydrogen) atoms. The van der Waals surface area contributed by atoms with Crippen molar-refractivity contribution in [2.24, 2.45) is 5.92 Å². The van der Waals surface area contributed by atoms with Crippen molar-refractivity contribution >= 4 is 30.0 Å². The van der Waals surface area contributed by atoms with Gasteiger partial charge in [-0.1, -0.05) is 135 Å². The molecular weight excluding hydrogens is 463 g/mol. The number of hydrogen-bond donors (Lipinski definition) is 2. The molecule has 1 saturated carbocycles. The highest BCUT2D eigenvalue weighted by Gasteiger charge is 2.21. The molecule has 1 rings (SSSR count). The summed E-state index contributed by atoms with van der Waals surface area (Å²) < 4.78 is 0. The van der Waals surface area contributed by atoms with Gasteiger partial charge in [-0.25, -0.2) is 11.6 Å². The Morgan fingerprint density at radius 2 is 1.06 bits per heavy atom. The molecule has 0 aromatic rings. The second kappa shape index (κ2) is 24.7. The minimum absolute atomic E-state index is 0.0441. The number of hydrogen-bond acceptors (Lipinski definition) is 3. The molecule has 0 saturated heterocycles. The van der Waals surface area contributed by atoms with Crippen LogP contribution in [0.2, 0.25) is 6.82 Å². The third-order valence-corrected chi connectivity index (χ3v) is 8.64. The van der Waals surface area contributed by atoms with Crippen LogP contribution in [0.4, 0.5) is 0 Å². The fourth-order valence-corrected chi connectivity index (χ4v) is 6.08. The molecule has 2 N–H and O–H groups in total. The molecule has 0 aromatic heterocycles. The molecule has 1 aliphatic carbocycles. The van der Waals surface area contributed by atoms with Crippen LogP contribution in [-0.2, 0) is 9.59 Å². The lowest BCUT2D eigenvalue weighted by atomic mass is 9.91. The van der Waals surface area contributed by atoms with E-state index >= 15 is 0 Å². The van der Waals surface area contributed by atoms with Crippen molar-refractivity contribution in [2.75, 3.05) is 12.8 Å². The standard InChI is InChI=1S/C30H58BN2O2S/c1-31-36-26-28(30(35)32-2)33-29(34)25-27-23-21-19-17-15-13-11-9-7-5-3-4-6-8-10-12-14-16-18-20-22-24-27/h27-28H,3-26H2,1-2H3,(H,32,35)(H,33,34)/t28-/m0/s1. The quantitative estimate of drug-likeness (QED) is 0.332. The average molecular weight is 522 g/mol. The minimum atomic E-state index is -0.450. The molecule has 0 unspecified atom stereocenters. The number of carbonyl (C=O) groups is 2. The number of nitrogens with one attached hydrogen (secondary N) is 2. The van der Waals surface area contributed by atoms with Crippen LogP contribution in [0.5, 0.6) is 0 Å². The zero-order chi connectivity index (χ0) is 26.1. The second-order valence-corrected chi connectivity index (χ2v) is 12.2. The summed E-state index contributed by atoms with van der Waals surface area (Å²) in [5.41, 5.74) is 0. The molecule has 0 aliphatic heterocycles. The first-order valence-electron chi connectivity index (χ1n) is 15.6. The number of likely N-dealkylation sites (N-methyl/N-ethyl adjacent to an activating group) is 1. The molecule has 1 fully saturated rings. The largest absolute Gasteiger partial charge is 0.357 e. The van der Waals surface area contributed by atoms with E-state index in [0.717, 1.165) is 12.8 Å². The lowest BCUT2D eigenvalue weighted by Crippen LogP contribution is -2.47. The molecule has 1 atom stereocenters. The smallest absolute Gasteiger partial charge is 0.243 e.